The summed E-state index contributed by atoms with van der Waals surface area (Å²) in [5.74, 6) is -0.890. The number of carboxylic acids is 1. The highest BCUT2D eigenvalue weighted by Crippen LogP contribution is 2.07. The molecule has 0 aliphatic heterocycles. The van der Waals surface area contributed by atoms with E-state index in [4.69, 9.17) is 5.11 Å². The average molecular weight is 244 g/mol. The molecule has 17 heavy (non-hydrogen) atoms. The lowest BCUT2D eigenvalue weighted by atomic mass is 10.0. The Bertz CT molecular complexity index is 264. The van der Waals surface area contributed by atoms with Gasteiger partial charge in [-0.25, -0.2) is 4.79 Å². The van der Waals surface area contributed by atoms with Gasteiger partial charge in [0.05, 0.1) is 6.42 Å². The highest BCUT2D eigenvalue weighted by molar-refractivity contribution is 5.76. The predicted molar refractivity (Wildman–Crippen MR) is 67.0 cm³/mol. The zero-order valence-corrected chi connectivity index (χ0v) is 11.2. The lowest BCUT2D eigenvalue weighted by Gasteiger charge is -2.26. The summed E-state index contributed by atoms with van der Waals surface area (Å²) in [6.45, 7) is 7.81. The lowest BCUT2D eigenvalue weighted by molar-refractivity contribution is -0.137. The highest BCUT2D eigenvalue weighted by Gasteiger charge is 2.20. The van der Waals surface area contributed by atoms with Gasteiger partial charge in [-0.3, -0.25) is 4.79 Å². The van der Waals surface area contributed by atoms with Crippen molar-refractivity contribution >= 4 is 12.0 Å². The van der Waals surface area contributed by atoms with Crippen LogP contribution in [-0.2, 0) is 4.79 Å². The molecule has 0 saturated heterocycles. The van der Waals surface area contributed by atoms with Gasteiger partial charge in [-0.15, -0.1) is 0 Å². The minimum Gasteiger partial charge on any atom is -0.481 e. The topological polar surface area (TPSA) is 78.4 Å². The number of hydrogen-bond acceptors (Lipinski definition) is 2. The van der Waals surface area contributed by atoms with Crippen LogP contribution in [0.1, 0.15) is 53.4 Å². The van der Waals surface area contributed by atoms with E-state index in [9.17, 15) is 9.59 Å². The number of nitrogens with one attached hydrogen (secondary N) is 2. The van der Waals surface area contributed by atoms with Crippen molar-refractivity contribution in [2.75, 3.05) is 0 Å². The van der Waals surface area contributed by atoms with E-state index >= 15 is 0 Å². The third-order valence-electron chi connectivity index (χ3n) is 2.73. The fourth-order valence-electron chi connectivity index (χ4n) is 1.40. The van der Waals surface area contributed by atoms with Gasteiger partial charge in [-0.05, 0) is 26.7 Å². The van der Waals surface area contributed by atoms with Crippen molar-refractivity contribution in [2.45, 2.75) is 65.0 Å². The van der Waals surface area contributed by atoms with Crippen LogP contribution < -0.4 is 10.6 Å². The number of amides is 2. The average Bonchev–Trinajstić information content (AvgIpc) is 2.16. The van der Waals surface area contributed by atoms with E-state index in [0.717, 1.165) is 12.8 Å². The van der Waals surface area contributed by atoms with E-state index in [0.29, 0.717) is 6.42 Å². The van der Waals surface area contributed by atoms with Gasteiger partial charge in [-0.1, -0.05) is 20.3 Å². The summed E-state index contributed by atoms with van der Waals surface area (Å²) in [7, 11) is 0. The first-order valence-electron chi connectivity index (χ1n) is 6.11. The molecular formula is C12H24N2O3. The molecule has 0 rings (SSSR count). The maximum atomic E-state index is 11.7. The molecule has 1 unspecified atom stereocenters. The van der Waals surface area contributed by atoms with Crippen molar-refractivity contribution < 1.29 is 14.7 Å². The Hall–Kier alpha value is -1.26. The van der Waals surface area contributed by atoms with Gasteiger partial charge in [0.1, 0.15) is 0 Å². The van der Waals surface area contributed by atoms with E-state index < -0.39 is 5.97 Å². The van der Waals surface area contributed by atoms with Gasteiger partial charge in [0.25, 0.3) is 0 Å². The summed E-state index contributed by atoms with van der Waals surface area (Å²) in [5.41, 5.74) is -0.274. The van der Waals surface area contributed by atoms with Crippen LogP contribution in [0.25, 0.3) is 0 Å². The number of carboxylic acid groups (broad SMARTS) is 1. The maximum absolute atomic E-state index is 11.7. The fraction of sp³-hybridized carbons (Fsp3) is 0.833. The van der Waals surface area contributed by atoms with Gasteiger partial charge in [0, 0.05) is 11.6 Å². The number of carbonyl (C=O) groups is 2. The summed E-state index contributed by atoms with van der Waals surface area (Å²) < 4.78 is 0. The summed E-state index contributed by atoms with van der Waals surface area (Å²) in [4.78, 5) is 22.3. The monoisotopic (exact) mass is 244 g/mol. The van der Waals surface area contributed by atoms with Crippen molar-refractivity contribution in [1.29, 1.82) is 0 Å². The first-order chi connectivity index (χ1) is 7.80. The molecule has 2 amide bonds. The first kappa shape index (κ1) is 15.7. The molecule has 0 radical (unpaired) electrons. The number of urea groups is 1. The molecule has 0 aliphatic rings. The van der Waals surface area contributed by atoms with Crippen molar-refractivity contribution in [2.24, 2.45) is 0 Å². The summed E-state index contributed by atoms with van der Waals surface area (Å²) in [6.07, 6.45) is 2.30. The van der Waals surface area contributed by atoms with Crippen LogP contribution in [0.2, 0.25) is 0 Å². The molecule has 0 aliphatic carbocycles. The molecule has 0 aromatic rings. The number of rotatable bonds is 7. The maximum Gasteiger partial charge on any atom is 0.315 e. The van der Waals surface area contributed by atoms with Crippen LogP contribution in [0.3, 0.4) is 0 Å². The Balaban J connectivity index is 4.25. The number of aliphatic carboxylic acids is 1. The third-order valence-corrected chi connectivity index (χ3v) is 2.73. The first-order valence-corrected chi connectivity index (χ1v) is 6.11. The second-order valence-electron chi connectivity index (χ2n) is 4.92. The Morgan fingerprint density at radius 1 is 1.29 bits per heavy atom. The van der Waals surface area contributed by atoms with Gasteiger partial charge < -0.3 is 15.7 Å². The van der Waals surface area contributed by atoms with Gasteiger partial charge in [0.2, 0.25) is 0 Å². The largest absolute Gasteiger partial charge is 0.481 e. The van der Waals surface area contributed by atoms with Gasteiger partial charge in [0.15, 0.2) is 0 Å². The number of carbonyl (C=O) groups excluding carboxylic acids is 1. The smallest absolute Gasteiger partial charge is 0.315 e. The SMILES string of the molecule is CCCC(CC(=O)O)NC(=O)NC(C)(C)CC. The molecule has 1 atom stereocenters. The number of hydrogen-bond donors (Lipinski definition) is 3. The van der Waals surface area contributed by atoms with Crippen LogP contribution in [0.5, 0.6) is 0 Å². The molecular weight excluding hydrogens is 220 g/mol. The van der Waals surface area contributed by atoms with Crippen molar-refractivity contribution in [1.82, 2.24) is 10.6 Å². The van der Waals surface area contributed by atoms with Crippen molar-refractivity contribution in [3.63, 3.8) is 0 Å². The van der Waals surface area contributed by atoms with Crippen LogP contribution >= 0.6 is 0 Å². The second-order valence-corrected chi connectivity index (χ2v) is 4.92. The Kier molecular flexibility index (Phi) is 6.61. The molecule has 0 heterocycles. The standard InChI is InChI=1S/C12H24N2O3/c1-5-7-9(8-10(15)16)13-11(17)14-12(3,4)6-2/h9H,5-8H2,1-4H3,(H,15,16)(H2,13,14,17). The summed E-state index contributed by atoms with van der Waals surface area (Å²) in [5, 5.41) is 14.3. The fourth-order valence-corrected chi connectivity index (χ4v) is 1.40. The molecule has 0 saturated carbocycles. The van der Waals surface area contributed by atoms with E-state index in [-0.39, 0.29) is 24.0 Å². The summed E-state index contributed by atoms with van der Waals surface area (Å²) >= 11 is 0. The van der Waals surface area contributed by atoms with E-state index in [1.165, 1.54) is 0 Å². The van der Waals surface area contributed by atoms with Crippen molar-refractivity contribution in [3.05, 3.63) is 0 Å². The summed E-state index contributed by atoms with van der Waals surface area (Å²) in [6, 6.07) is -0.596. The second kappa shape index (κ2) is 7.14. The predicted octanol–water partition coefficient (Wildman–Crippen LogP) is 2.12. The molecule has 3 N–H and O–H groups in total. The zero-order valence-electron chi connectivity index (χ0n) is 11.2. The third kappa shape index (κ3) is 7.60. The molecule has 5 nitrogen and oxygen atoms in total. The molecule has 0 aromatic heterocycles. The van der Waals surface area contributed by atoms with E-state index in [1.54, 1.807) is 0 Å². The molecule has 0 fully saturated rings. The molecule has 0 spiro atoms. The Morgan fingerprint density at radius 3 is 2.29 bits per heavy atom. The van der Waals surface area contributed by atoms with Gasteiger partial charge in [-0.2, -0.15) is 0 Å². The van der Waals surface area contributed by atoms with Crippen LogP contribution in [0, 0.1) is 0 Å². The molecule has 5 heteroatoms. The Labute approximate surface area is 103 Å². The van der Waals surface area contributed by atoms with Crippen LogP contribution in [-0.4, -0.2) is 28.7 Å². The van der Waals surface area contributed by atoms with Crippen molar-refractivity contribution in [3.8, 4) is 0 Å². The molecule has 0 aromatic carbocycles. The highest BCUT2D eigenvalue weighted by atomic mass is 16.4. The lowest BCUT2D eigenvalue weighted by Crippen LogP contribution is -2.51. The van der Waals surface area contributed by atoms with Gasteiger partial charge >= 0.3 is 12.0 Å². The minimum absolute atomic E-state index is 0.0339. The normalized spacial score (nSPS) is 12.9. The van der Waals surface area contributed by atoms with E-state index in [1.807, 2.05) is 27.7 Å². The molecule has 0 bridgehead atoms. The zero-order chi connectivity index (χ0) is 13.5. The molecule has 100 valence electrons. The Morgan fingerprint density at radius 2 is 1.88 bits per heavy atom. The minimum atomic E-state index is -0.890. The quantitative estimate of drug-likeness (QED) is 0.642. The van der Waals surface area contributed by atoms with Crippen LogP contribution in [0.4, 0.5) is 4.79 Å². The van der Waals surface area contributed by atoms with Crippen LogP contribution in [0.15, 0.2) is 0 Å². The van der Waals surface area contributed by atoms with E-state index in [2.05, 4.69) is 10.6 Å².